The molecule has 0 amide bonds. The zero-order valence-corrected chi connectivity index (χ0v) is 12.5. The largest absolute Gasteiger partial charge is 0.338 e. The van der Waals surface area contributed by atoms with Gasteiger partial charge < -0.3 is 14.5 Å². The average molecular weight is 283 g/mol. The fourth-order valence-corrected chi connectivity index (χ4v) is 2.66. The molecule has 0 fully saturated rings. The van der Waals surface area contributed by atoms with Crippen LogP contribution in [0.15, 0.2) is 43.0 Å². The SMILES string of the molecule is CNC(CCc1nccn1C)Cn1cnc2ccccc21. The highest BCUT2D eigenvalue weighted by atomic mass is 15.1. The third-order valence-corrected chi connectivity index (χ3v) is 3.99. The Morgan fingerprint density at radius 2 is 2.10 bits per heavy atom. The Labute approximate surface area is 124 Å². The van der Waals surface area contributed by atoms with E-state index in [1.165, 1.54) is 5.52 Å². The van der Waals surface area contributed by atoms with Gasteiger partial charge in [-0.1, -0.05) is 12.1 Å². The predicted molar refractivity (Wildman–Crippen MR) is 84.1 cm³/mol. The van der Waals surface area contributed by atoms with Crippen LogP contribution < -0.4 is 5.32 Å². The van der Waals surface area contributed by atoms with Gasteiger partial charge in [0.1, 0.15) is 5.82 Å². The van der Waals surface area contributed by atoms with Gasteiger partial charge in [-0.2, -0.15) is 0 Å². The van der Waals surface area contributed by atoms with E-state index in [-0.39, 0.29) is 0 Å². The summed E-state index contributed by atoms with van der Waals surface area (Å²) in [6, 6.07) is 8.65. The summed E-state index contributed by atoms with van der Waals surface area (Å²) in [6.45, 7) is 0.918. The van der Waals surface area contributed by atoms with Gasteiger partial charge in [0.2, 0.25) is 0 Å². The zero-order valence-electron chi connectivity index (χ0n) is 12.5. The van der Waals surface area contributed by atoms with Gasteiger partial charge in [-0.15, -0.1) is 0 Å². The molecule has 0 spiro atoms. The van der Waals surface area contributed by atoms with E-state index in [0.29, 0.717) is 6.04 Å². The van der Waals surface area contributed by atoms with Crippen LogP contribution in [0.3, 0.4) is 0 Å². The zero-order chi connectivity index (χ0) is 14.7. The van der Waals surface area contributed by atoms with E-state index in [1.54, 1.807) is 0 Å². The summed E-state index contributed by atoms with van der Waals surface area (Å²) in [5, 5.41) is 3.40. The lowest BCUT2D eigenvalue weighted by Crippen LogP contribution is -2.30. The normalized spacial score (nSPS) is 12.9. The van der Waals surface area contributed by atoms with Crippen LogP contribution in [0.5, 0.6) is 0 Å². The summed E-state index contributed by atoms with van der Waals surface area (Å²) in [7, 11) is 4.06. The molecule has 3 rings (SSSR count). The second-order valence-electron chi connectivity index (χ2n) is 5.36. The van der Waals surface area contributed by atoms with Crippen LogP contribution in [-0.2, 0) is 20.0 Å². The van der Waals surface area contributed by atoms with Crippen molar-refractivity contribution in [3.8, 4) is 0 Å². The van der Waals surface area contributed by atoms with Gasteiger partial charge in [-0.25, -0.2) is 9.97 Å². The molecule has 0 aliphatic carbocycles. The van der Waals surface area contributed by atoms with Crippen molar-refractivity contribution in [3.63, 3.8) is 0 Å². The smallest absolute Gasteiger partial charge is 0.108 e. The van der Waals surface area contributed by atoms with Gasteiger partial charge in [0.25, 0.3) is 0 Å². The standard InChI is InChI=1S/C16H21N5/c1-17-13(7-8-16-18-9-10-20(16)2)11-21-12-19-14-5-3-4-6-15(14)21/h3-6,9-10,12-13,17H,7-8,11H2,1-2H3. The Balaban J connectivity index is 1.68. The van der Waals surface area contributed by atoms with Crippen LogP contribution in [0.2, 0.25) is 0 Å². The molecule has 2 heterocycles. The van der Waals surface area contributed by atoms with Crippen LogP contribution in [0, 0.1) is 0 Å². The molecule has 0 saturated carbocycles. The fourth-order valence-electron chi connectivity index (χ4n) is 2.66. The number of fused-ring (bicyclic) bond motifs is 1. The summed E-state index contributed by atoms with van der Waals surface area (Å²) in [4.78, 5) is 8.83. The van der Waals surface area contributed by atoms with E-state index in [2.05, 4.69) is 36.6 Å². The van der Waals surface area contributed by atoms with E-state index in [1.807, 2.05) is 44.9 Å². The quantitative estimate of drug-likeness (QED) is 0.752. The maximum Gasteiger partial charge on any atom is 0.108 e. The van der Waals surface area contributed by atoms with Crippen LogP contribution in [-0.4, -0.2) is 32.2 Å². The maximum atomic E-state index is 4.45. The topological polar surface area (TPSA) is 47.7 Å². The highest BCUT2D eigenvalue weighted by Crippen LogP contribution is 2.13. The summed E-state index contributed by atoms with van der Waals surface area (Å²) >= 11 is 0. The third kappa shape index (κ3) is 2.97. The summed E-state index contributed by atoms with van der Waals surface area (Å²) in [5.74, 6) is 1.13. The number of aromatic nitrogens is 4. The van der Waals surface area contributed by atoms with Gasteiger partial charge >= 0.3 is 0 Å². The number of rotatable bonds is 6. The molecule has 2 aromatic heterocycles. The molecule has 5 heteroatoms. The molecule has 1 aromatic carbocycles. The van der Waals surface area contributed by atoms with Crippen molar-refractivity contribution in [2.24, 2.45) is 7.05 Å². The molecule has 1 unspecified atom stereocenters. The molecule has 3 aromatic rings. The van der Waals surface area contributed by atoms with Gasteiger partial charge in [0.05, 0.1) is 17.4 Å². The number of hydrogen-bond acceptors (Lipinski definition) is 3. The van der Waals surface area contributed by atoms with E-state index < -0.39 is 0 Å². The molecule has 0 saturated heterocycles. The number of imidazole rings is 2. The number of hydrogen-bond donors (Lipinski definition) is 1. The van der Waals surface area contributed by atoms with Crippen molar-refractivity contribution < 1.29 is 0 Å². The third-order valence-electron chi connectivity index (χ3n) is 3.99. The van der Waals surface area contributed by atoms with Gasteiger partial charge in [0, 0.05) is 38.4 Å². The molecule has 1 atom stereocenters. The Bertz CT molecular complexity index is 712. The van der Waals surface area contributed by atoms with Gasteiger partial charge in [-0.05, 0) is 25.6 Å². The molecule has 1 N–H and O–H groups in total. The van der Waals surface area contributed by atoms with Crippen molar-refractivity contribution >= 4 is 11.0 Å². The minimum atomic E-state index is 0.402. The Hall–Kier alpha value is -2.14. The minimum Gasteiger partial charge on any atom is -0.338 e. The van der Waals surface area contributed by atoms with Crippen molar-refractivity contribution in [2.75, 3.05) is 7.05 Å². The first-order valence-electron chi connectivity index (χ1n) is 7.31. The van der Waals surface area contributed by atoms with E-state index in [0.717, 1.165) is 30.7 Å². The van der Waals surface area contributed by atoms with Crippen LogP contribution >= 0.6 is 0 Å². The maximum absolute atomic E-state index is 4.45. The van der Waals surface area contributed by atoms with Crippen LogP contribution in [0.1, 0.15) is 12.2 Å². The molecular formula is C16H21N5. The van der Waals surface area contributed by atoms with Crippen molar-refractivity contribution in [3.05, 3.63) is 48.8 Å². The molecule has 0 radical (unpaired) electrons. The minimum absolute atomic E-state index is 0.402. The van der Waals surface area contributed by atoms with Crippen molar-refractivity contribution in [1.29, 1.82) is 0 Å². The summed E-state index contributed by atoms with van der Waals surface area (Å²) < 4.78 is 4.30. The van der Waals surface area contributed by atoms with E-state index in [9.17, 15) is 0 Å². The number of likely N-dealkylation sites (N-methyl/N-ethyl adjacent to an activating group) is 1. The molecule has 0 bridgehead atoms. The van der Waals surface area contributed by atoms with Crippen LogP contribution in [0.4, 0.5) is 0 Å². The lowest BCUT2D eigenvalue weighted by molar-refractivity contribution is 0.453. The van der Waals surface area contributed by atoms with E-state index >= 15 is 0 Å². The predicted octanol–water partition coefficient (Wildman–Crippen LogP) is 1.99. The second-order valence-corrected chi connectivity index (χ2v) is 5.36. The first-order chi connectivity index (χ1) is 10.3. The summed E-state index contributed by atoms with van der Waals surface area (Å²) in [6.07, 6.45) is 7.80. The molecule has 0 aliphatic rings. The molecular weight excluding hydrogens is 262 g/mol. The number of para-hydroxylation sites is 2. The molecule has 0 aliphatic heterocycles. The highest BCUT2D eigenvalue weighted by molar-refractivity contribution is 5.74. The number of benzene rings is 1. The number of aryl methyl sites for hydroxylation is 2. The number of nitrogens with zero attached hydrogens (tertiary/aromatic N) is 4. The Kier molecular flexibility index (Phi) is 4.01. The molecule has 5 nitrogen and oxygen atoms in total. The lowest BCUT2D eigenvalue weighted by Gasteiger charge is -2.17. The monoisotopic (exact) mass is 283 g/mol. The first kappa shape index (κ1) is 13.8. The van der Waals surface area contributed by atoms with Gasteiger partial charge in [0.15, 0.2) is 0 Å². The average Bonchev–Trinajstić information content (AvgIpc) is 3.10. The van der Waals surface area contributed by atoms with Gasteiger partial charge in [-0.3, -0.25) is 0 Å². The van der Waals surface area contributed by atoms with Crippen molar-refractivity contribution in [2.45, 2.75) is 25.4 Å². The van der Waals surface area contributed by atoms with Crippen molar-refractivity contribution in [1.82, 2.24) is 24.4 Å². The molecule has 110 valence electrons. The summed E-state index contributed by atoms with van der Waals surface area (Å²) in [5.41, 5.74) is 2.24. The fraction of sp³-hybridized carbons (Fsp3) is 0.375. The Morgan fingerprint density at radius 1 is 1.24 bits per heavy atom. The van der Waals surface area contributed by atoms with E-state index in [4.69, 9.17) is 0 Å². The number of nitrogens with one attached hydrogen (secondary N) is 1. The Morgan fingerprint density at radius 3 is 2.86 bits per heavy atom. The second kappa shape index (κ2) is 6.10. The lowest BCUT2D eigenvalue weighted by atomic mass is 10.1. The van der Waals surface area contributed by atoms with Crippen LogP contribution in [0.25, 0.3) is 11.0 Å². The first-order valence-corrected chi connectivity index (χ1v) is 7.31. The highest BCUT2D eigenvalue weighted by Gasteiger charge is 2.11. The molecule has 21 heavy (non-hydrogen) atoms.